The van der Waals surface area contributed by atoms with Gasteiger partial charge in [-0.15, -0.1) is 0 Å². The third kappa shape index (κ3) is 3.91. The van der Waals surface area contributed by atoms with Crippen LogP contribution in [0.15, 0.2) is 65.8 Å². The largest absolute Gasteiger partial charge is 0.508 e. The Bertz CT molecular complexity index is 814. The molecule has 2 aromatic carbocycles. The van der Waals surface area contributed by atoms with E-state index in [-0.39, 0.29) is 5.75 Å². The number of nitrogens with one attached hydrogen (secondary N) is 1. The maximum absolute atomic E-state index is 9.25. The lowest BCUT2D eigenvalue weighted by Gasteiger charge is -2.05. The molecule has 0 saturated carbocycles. The first-order valence-electron chi connectivity index (χ1n) is 7.20. The van der Waals surface area contributed by atoms with Crippen molar-refractivity contribution >= 4 is 12.2 Å². The van der Waals surface area contributed by atoms with Gasteiger partial charge in [-0.2, -0.15) is 5.10 Å². The zero-order chi connectivity index (χ0) is 16.1. The van der Waals surface area contributed by atoms with Crippen molar-refractivity contribution in [1.82, 2.24) is 9.97 Å². The molecule has 1 aromatic heterocycles. The van der Waals surface area contributed by atoms with E-state index < -0.39 is 0 Å². The van der Waals surface area contributed by atoms with Crippen molar-refractivity contribution in [2.24, 2.45) is 5.10 Å². The van der Waals surface area contributed by atoms with Gasteiger partial charge >= 0.3 is 0 Å². The molecule has 0 saturated heterocycles. The minimum atomic E-state index is 0.227. The number of aryl methyl sites for hydroxylation is 1. The standard InChI is InChI=1S/C18H16N4O/c1-13-11-17(15-5-3-2-4-6-15)21-18(20-13)22-19-12-14-7-9-16(23)10-8-14/h2-12,23H,1H3,(H,20,21,22)/b19-12+. The molecule has 0 fully saturated rings. The highest BCUT2D eigenvalue weighted by atomic mass is 16.3. The van der Waals surface area contributed by atoms with Crippen LogP contribution in [-0.2, 0) is 0 Å². The van der Waals surface area contributed by atoms with E-state index in [1.165, 1.54) is 0 Å². The van der Waals surface area contributed by atoms with E-state index in [4.69, 9.17) is 0 Å². The summed E-state index contributed by atoms with van der Waals surface area (Å²) in [5.74, 6) is 0.670. The summed E-state index contributed by atoms with van der Waals surface area (Å²) in [4.78, 5) is 8.80. The zero-order valence-electron chi connectivity index (χ0n) is 12.6. The van der Waals surface area contributed by atoms with Crippen LogP contribution in [0.3, 0.4) is 0 Å². The lowest BCUT2D eigenvalue weighted by atomic mass is 10.1. The lowest BCUT2D eigenvalue weighted by molar-refractivity contribution is 0.475. The van der Waals surface area contributed by atoms with E-state index in [0.29, 0.717) is 5.95 Å². The second kappa shape index (κ2) is 6.70. The van der Waals surface area contributed by atoms with Crippen molar-refractivity contribution in [3.63, 3.8) is 0 Å². The van der Waals surface area contributed by atoms with Crippen LogP contribution in [0.4, 0.5) is 5.95 Å². The molecule has 0 amide bonds. The van der Waals surface area contributed by atoms with Crippen LogP contribution in [0.25, 0.3) is 11.3 Å². The van der Waals surface area contributed by atoms with Gasteiger partial charge in [0.1, 0.15) is 5.75 Å². The Hall–Kier alpha value is -3.21. The minimum Gasteiger partial charge on any atom is -0.508 e. The topological polar surface area (TPSA) is 70.4 Å². The fraction of sp³-hybridized carbons (Fsp3) is 0.0556. The van der Waals surface area contributed by atoms with Crippen LogP contribution in [0.5, 0.6) is 5.75 Å². The number of hydrogen-bond acceptors (Lipinski definition) is 5. The van der Waals surface area contributed by atoms with E-state index in [1.54, 1.807) is 30.5 Å². The summed E-state index contributed by atoms with van der Waals surface area (Å²) in [5, 5.41) is 13.4. The number of rotatable bonds is 4. The fourth-order valence-electron chi connectivity index (χ4n) is 2.10. The predicted octanol–water partition coefficient (Wildman–Crippen LogP) is 3.60. The van der Waals surface area contributed by atoms with E-state index in [1.807, 2.05) is 43.3 Å². The Labute approximate surface area is 134 Å². The number of hydrogen-bond donors (Lipinski definition) is 2. The number of nitrogens with zero attached hydrogens (tertiary/aromatic N) is 3. The molecule has 0 spiro atoms. The number of benzene rings is 2. The number of phenolic OH excluding ortho intramolecular Hbond substituents is 1. The molecule has 0 bridgehead atoms. The van der Waals surface area contributed by atoms with E-state index >= 15 is 0 Å². The van der Waals surface area contributed by atoms with Crippen molar-refractivity contribution in [3.05, 3.63) is 71.9 Å². The van der Waals surface area contributed by atoms with Gasteiger partial charge < -0.3 is 5.11 Å². The normalized spacial score (nSPS) is 10.8. The SMILES string of the molecule is Cc1cc(-c2ccccc2)nc(N/N=C/c2ccc(O)cc2)n1. The Morgan fingerprint density at radius 1 is 1.00 bits per heavy atom. The van der Waals surface area contributed by atoms with Gasteiger partial charge in [0.25, 0.3) is 0 Å². The van der Waals surface area contributed by atoms with Crippen LogP contribution >= 0.6 is 0 Å². The molecule has 0 aliphatic heterocycles. The predicted molar refractivity (Wildman–Crippen MR) is 91.5 cm³/mol. The van der Waals surface area contributed by atoms with Gasteiger partial charge in [0.2, 0.25) is 5.95 Å². The summed E-state index contributed by atoms with van der Waals surface area (Å²) >= 11 is 0. The number of hydrazone groups is 1. The van der Waals surface area contributed by atoms with Crippen LogP contribution in [0, 0.1) is 6.92 Å². The summed E-state index contributed by atoms with van der Waals surface area (Å²) in [7, 11) is 0. The van der Waals surface area contributed by atoms with Gasteiger partial charge in [0.05, 0.1) is 11.9 Å². The Kier molecular flexibility index (Phi) is 4.29. The Morgan fingerprint density at radius 3 is 2.48 bits per heavy atom. The molecule has 0 aliphatic rings. The van der Waals surface area contributed by atoms with Gasteiger partial charge in [-0.3, -0.25) is 0 Å². The first kappa shape index (κ1) is 14.7. The highest BCUT2D eigenvalue weighted by Crippen LogP contribution is 2.18. The highest BCUT2D eigenvalue weighted by Gasteiger charge is 2.03. The monoisotopic (exact) mass is 304 g/mol. The molecule has 23 heavy (non-hydrogen) atoms. The minimum absolute atomic E-state index is 0.227. The van der Waals surface area contributed by atoms with Crippen LogP contribution in [0.1, 0.15) is 11.3 Å². The van der Waals surface area contributed by atoms with Crippen molar-refractivity contribution in [2.75, 3.05) is 5.43 Å². The van der Waals surface area contributed by atoms with E-state index in [2.05, 4.69) is 20.5 Å². The molecule has 1 heterocycles. The molecule has 0 unspecified atom stereocenters. The number of aromatic nitrogens is 2. The molecule has 2 N–H and O–H groups in total. The van der Waals surface area contributed by atoms with Crippen LogP contribution < -0.4 is 5.43 Å². The van der Waals surface area contributed by atoms with Gasteiger partial charge in [-0.25, -0.2) is 15.4 Å². The first-order valence-corrected chi connectivity index (χ1v) is 7.20. The number of phenols is 1. The smallest absolute Gasteiger partial charge is 0.244 e. The summed E-state index contributed by atoms with van der Waals surface area (Å²) in [6.07, 6.45) is 1.65. The summed E-state index contributed by atoms with van der Waals surface area (Å²) < 4.78 is 0. The van der Waals surface area contributed by atoms with Crippen molar-refractivity contribution < 1.29 is 5.11 Å². The van der Waals surface area contributed by atoms with Crippen LogP contribution in [0.2, 0.25) is 0 Å². The molecule has 3 aromatic rings. The molecule has 0 aliphatic carbocycles. The highest BCUT2D eigenvalue weighted by molar-refractivity contribution is 5.80. The Balaban J connectivity index is 1.78. The maximum Gasteiger partial charge on any atom is 0.244 e. The van der Waals surface area contributed by atoms with Crippen LogP contribution in [-0.4, -0.2) is 21.3 Å². The van der Waals surface area contributed by atoms with Gasteiger partial charge in [-0.1, -0.05) is 30.3 Å². The molecular weight excluding hydrogens is 288 g/mol. The Morgan fingerprint density at radius 2 is 1.74 bits per heavy atom. The lowest BCUT2D eigenvalue weighted by Crippen LogP contribution is -2.00. The second-order valence-corrected chi connectivity index (χ2v) is 5.05. The molecule has 3 rings (SSSR count). The first-order chi connectivity index (χ1) is 11.2. The van der Waals surface area contributed by atoms with Gasteiger partial charge in [0.15, 0.2) is 0 Å². The van der Waals surface area contributed by atoms with Gasteiger partial charge in [-0.05, 0) is 42.8 Å². The fourth-order valence-corrected chi connectivity index (χ4v) is 2.10. The third-order valence-corrected chi connectivity index (χ3v) is 3.20. The molecular formula is C18H16N4O. The zero-order valence-corrected chi connectivity index (χ0v) is 12.6. The van der Waals surface area contributed by atoms with Crippen molar-refractivity contribution in [1.29, 1.82) is 0 Å². The molecule has 5 nitrogen and oxygen atoms in total. The third-order valence-electron chi connectivity index (χ3n) is 3.20. The summed E-state index contributed by atoms with van der Waals surface area (Å²) in [6.45, 7) is 1.92. The average Bonchev–Trinajstić information content (AvgIpc) is 2.57. The van der Waals surface area contributed by atoms with Crippen molar-refractivity contribution in [3.8, 4) is 17.0 Å². The quantitative estimate of drug-likeness (QED) is 0.570. The maximum atomic E-state index is 9.25. The number of aromatic hydroxyl groups is 1. The average molecular weight is 304 g/mol. The molecule has 0 atom stereocenters. The summed E-state index contributed by atoms with van der Waals surface area (Å²) in [5.41, 5.74) is 6.45. The molecule has 5 heteroatoms. The summed E-state index contributed by atoms with van der Waals surface area (Å²) in [6, 6.07) is 18.6. The number of anilines is 1. The van der Waals surface area contributed by atoms with E-state index in [9.17, 15) is 5.11 Å². The second-order valence-electron chi connectivity index (χ2n) is 5.05. The van der Waals surface area contributed by atoms with E-state index in [0.717, 1.165) is 22.5 Å². The van der Waals surface area contributed by atoms with Gasteiger partial charge in [0, 0.05) is 11.3 Å². The molecule has 114 valence electrons. The molecule has 0 radical (unpaired) electrons. The van der Waals surface area contributed by atoms with Crippen molar-refractivity contribution in [2.45, 2.75) is 6.92 Å².